The van der Waals surface area contributed by atoms with Crippen molar-refractivity contribution < 1.29 is 19.4 Å². The molecule has 0 radical (unpaired) electrons. The van der Waals surface area contributed by atoms with E-state index in [4.69, 9.17) is 9.47 Å². The van der Waals surface area contributed by atoms with Gasteiger partial charge in [0.1, 0.15) is 6.10 Å². The van der Waals surface area contributed by atoms with Gasteiger partial charge in [-0.2, -0.15) is 0 Å². The van der Waals surface area contributed by atoms with Gasteiger partial charge in [0.05, 0.1) is 13.2 Å². The number of esters is 1. The summed E-state index contributed by atoms with van der Waals surface area (Å²) in [5, 5.41) is 9.60. The van der Waals surface area contributed by atoms with Crippen molar-refractivity contribution in [1.29, 1.82) is 0 Å². The molecule has 290 valence electrons. The Morgan fingerprint density at radius 2 is 0.824 bits per heavy atom. The van der Waals surface area contributed by atoms with Gasteiger partial charge in [-0.3, -0.25) is 4.79 Å². The molecule has 0 amide bonds. The molecular weight excluding hydrogens is 629 g/mol. The summed E-state index contributed by atoms with van der Waals surface area (Å²) >= 11 is 0. The summed E-state index contributed by atoms with van der Waals surface area (Å²) in [6.45, 7) is 5.07. The minimum absolute atomic E-state index is 0.188. The van der Waals surface area contributed by atoms with E-state index < -0.39 is 6.10 Å². The molecule has 0 saturated carbocycles. The van der Waals surface area contributed by atoms with Gasteiger partial charge in [0.15, 0.2) is 0 Å². The average molecular weight is 707 g/mol. The zero-order chi connectivity index (χ0) is 37.0. The van der Waals surface area contributed by atoms with E-state index in [1.807, 2.05) is 0 Å². The maximum Gasteiger partial charge on any atom is 0.306 e. The van der Waals surface area contributed by atoms with Crippen LogP contribution >= 0.6 is 0 Å². The van der Waals surface area contributed by atoms with Gasteiger partial charge >= 0.3 is 5.97 Å². The Morgan fingerprint density at radius 3 is 1.24 bits per heavy atom. The number of aliphatic hydroxyl groups excluding tert-OH is 1. The van der Waals surface area contributed by atoms with Gasteiger partial charge in [0, 0.05) is 13.0 Å². The zero-order valence-electron chi connectivity index (χ0n) is 33.1. The highest BCUT2D eigenvalue weighted by molar-refractivity contribution is 5.69. The molecule has 0 aliphatic heterocycles. The molecule has 0 aliphatic carbocycles. The van der Waals surface area contributed by atoms with Crippen molar-refractivity contribution >= 4 is 5.97 Å². The van der Waals surface area contributed by atoms with Gasteiger partial charge in [0.2, 0.25) is 0 Å². The van der Waals surface area contributed by atoms with Crippen LogP contribution < -0.4 is 0 Å². The van der Waals surface area contributed by atoms with Crippen molar-refractivity contribution in [2.75, 3.05) is 19.8 Å². The Kier molecular flexibility index (Phi) is 41.2. The summed E-state index contributed by atoms with van der Waals surface area (Å²) in [4.78, 5) is 12.2. The third-order valence-corrected chi connectivity index (χ3v) is 8.40. The first-order chi connectivity index (χ1) is 25.2. The summed E-state index contributed by atoms with van der Waals surface area (Å²) < 4.78 is 11.1. The first kappa shape index (κ1) is 48.3. The monoisotopic (exact) mass is 707 g/mol. The van der Waals surface area contributed by atoms with Crippen LogP contribution in [0.3, 0.4) is 0 Å². The van der Waals surface area contributed by atoms with Gasteiger partial charge in [-0.25, -0.2) is 0 Å². The lowest BCUT2D eigenvalue weighted by Crippen LogP contribution is -2.27. The van der Waals surface area contributed by atoms with Crippen molar-refractivity contribution in [2.24, 2.45) is 0 Å². The van der Waals surface area contributed by atoms with Gasteiger partial charge < -0.3 is 14.6 Å². The number of unbranched alkanes of at least 4 members (excludes halogenated alkanes) is 13. The van der Waals surface area contributed by atoms with Crippen LogP contribution in [0.2, 0.25) is 0 Å². The van der Waals surface area contributed by atoms with Crippen LogP contribution in [0.5, 0.6) is 0 Å². The van der Waals surface area contributed by atoms with Gasteiger partial charge in [-0.15, -0.1) is 0 Å². The lowest BCUT2D eigenvalue weighted by molar-refractivity contribution is -0.154. The molecule has 0 aromatic rings. The average Bonchev–Trinajstić information content (AvgIpc) is 3.14. The number of hydrogen-bond donors (Lipinski definition) is 1. The largest absolute Gasteiger partial charge is 0.457 e. The fraction of sp³-hybridized carbons (Fsp3) is 0.638. The highest BCUT2D eigenvalue weighted by Crippen LogP contribution is 2.12. The van der Waals surface area contributed by atoms with Gasteiger partial charge in [-0.1, -0.05) is 169 Å². The lowest BCUT2D eigenvalue weighted by atomic mass is 10.1. The normalized spacial score (nSPS) is 13.4. The van der Waals surface area contributed by atoms with Crippen LogP contribution in [0.25, 0.3) is 0 Å². The quantitative estimate of drug-likeness (QED) is 0.0397. The minimum atomic E-state index is -0.554. The molecule has 0 fully saturated rings. The second-order valence-electron chi connectivity index (χ2n) is 13.3. The molecule has 0 aliphatic rings. The molecule has 1 unspecified atom stereocenters. The first-order valence-corrected chi connectivity index (χ1v) is 20.8. The Bertz CT molecular complexity index is 965. The summed E-state index contributed by atoms with van der Waals surface area (Å²) in [6, 6.07) is 0. The van der Waals surface area contributed by atoms with Crippen molar-refractivity contribution in [3.05, 3.63) is 97.2 Å². The van der Waals surface area contributed by atoms with E-state index in [0.717, 1.165) is 89.9 Å². The van der Waals surface area contributed by atoms with E-state index in [2.05, 4.69) is 111 Å². The molecule has 0 rings (SSSR count). The van der Waals surface area contributed by atoms with Gasteiger partial charge in [0.25, 0.3) is 0 Å². The van der Waals surface area contributed by atoms with Crippen molar-refractivity contribution in [1.82, 2.24) is 0 Å². The van der Waals surface area contributed by atoms with E-state index in [1.165, 1.54) is 57.8 Å². The smallest absolute Gasteiger partial charge is 0.306 e. The lowest BCUT2D eigenvalue weighted by Gasteiger charge is -2.15. The highest BCUT2D eigenvalue weighted by Gasteiger charge is 2.13. The zero-order valence-corrected chi connectivity index (χ0v) is 33.1. The molecule has 0 heterocycles. The standard InChI is InChI=1S/C47H78O4/c1-3-5-7-9-11-13-15-17-19-21-22-23-24-25-26-27-28-30-32-34-36-38-40-42-47(49)51-46(44-48)45-50-43-41-39-37-35-33-31-29-20-18-16-14-12-10-8-6-4-2/h5-8,11-14,17-20,22-23,25-26,46,48H,3-4,9-10,15-16,21,24,27-45H2,1-2H3/b7-5-,8-6-,13-11-,14-12-,19-17-,20-18-,23-22-,26-25-. The fourth-order valence-corrected chi connectivity index (χ4v) is 5.37. The number of carbonyl (C=O) groups excluding carboxylic acids is 1. The Morgan fingerprint density at radius 1 is 0.471 bits per heavy atom. The number of rotatable bonds is 37. The topological polar surface area (TPSA) is 55.8 Å². The Labute approximate surface area is 315 Å². The molecule has 1 N–H and O–H groups in total. The molecule has 51 heavy (non-hydrogen) atoms. The number of hydrogen-bond acceptors (Lipinski definition) is 4. The number of ether oxygens (including phenoxy) is 2. The number of allylic oxidation sites excluding steroid dienone is 16. The molecule has 4 nitrogen and oxygen atoms in total. The fourth-order valence-electron chi connectivity index (χ4n) is 5.37. The van der Waals surface area contributed by atoms with Crippen LogP contribution in [0.15, 0.2) is 97.2 Å². The maximum atomic E-state index is 12.2. The van der Waals surface area contributed by atoms with Crippen LogP contribution in [-0.4, -0.2) is 37.0 Å². The van der Waals surface area contributed by atoms with Crippen molar-refractivity contribution in [3.63, 3.8) is 0 Å². The molecule has 4 heteroatoms. The Balaban J connectivity index is 3.53. The van der Waals surface area contributed by atoms with E-state index in [0.29, 0.717) is 13.0 Å². The second kappa shape index (κ2) is 43.5. The van der Waals surface area contributed by atoms with Gasteiger partial charge in [-0.05, 0) is 89.9 Å². The molecule has 0 aromatic heterocycles. The van der Waals surface area contributed by atoms with E-state index >= 15 is 0 Å². The van der Waals surface area contributed by atoms with E-state index in [9.17, 15) is 9.90 Å². The predicted molar refractivity (Wildman–Crippen MR) is 223 cm³/mol. The molecular formula is C47H78O4. The molecule has 0 saturated heterocycles. The summed E-state index contributed by atoms with van der Waals surface area (Å²) in [6.07, 6.45) is 61.7. The maximum absolute atomic E-state index is 12.2. The van der Waals surface area contributed by atoms with Crippen LogP contribution in [-0.2, 0) is 14.3 Å². The van der Waals surface area contributed by atoms with E-state index in [-0.39, 0.29) is 19.2 Å². The molecule has 0 aromatic carbocycles. The SMILES string of the molecule is CC/C=C\C/C=C\C/C=C\C/C=C\C/C=C\CCCCCCCCCC(=O)OC(CO)COCCCCCCCC/C=C\C/C=C\C/C=C\CC. The summed E-state index contributed by atoms with van der Waals surface area (Å²) in [5.41, 5.74) is 0. The molecule has 0 bridgehead atoms. The van der Waals surface area contributed by atoms with Crippen LogP contribution in [0, 0.1) is 0 Å². The second-order valence-corrected chi connectivity index (χ2v) is 13.3. The third-order valence-electron chi connectivity index (χ3n) is 8.40. The number of carbonyl (C=O) groups is 1. The minimum Gasteiger partial charge on any atom is -0.457 e. The van der Waals surface area contributed by atoms with Crippen molar-refractivity contribution in [2.45, 2.75) is 174 Å². The summed E-state index contributed by atoms with van der Waals surface area (Å²) in [7, 11) is 0. The Hall–Kier alpha value is -2.69. The molecule has 0 spiro atoms. The van der Waals surface area contributed by atoms with Crippen molar-refractivity contribution in [3.8, 4) is 0 Å². The highest BCUT2D eigenvalue weighted by atomic mass is 16.6. The summed E-state index contributed by atoms with van der Waals surface area (Å²) in [5.74, 6) is -0.221. The third kappa shape index (κ3) is 41.6. The van der Waals surface area contributed by atoms with Crippen LogP contribution in [0.1, 0.15) is 168 Å². The van der Waals surface area contributed by atoms with Crippen LogP contribution in [0.4, 0.5) is 0 Å². The first-order valence-electron chi connectivity index (χ1n) is 20.8. The van der Waals surface area contributed by atoms with E-state index in [1.54, 1.807) is 0 Å². The molecule has 1 atom stereocenters. The predicted octanol–water partition coefficient (Wildman–Crippen LogP) is 13.8. The number of aliphatic hydroxyl groups is 1.